The van der Waals surface area contributed by atoms with Crippen molar-refractivity contribution in [2.24, 2.45) is 0 Å². The van der Waals surface area contributed by atoms with Crippen LogP contribution in [0.5, 0.6) is 5.75 Å². The van der Waals surface area contributed by atoms with E-state index >= 15 is 0 Å². The lowest BCUT2D eigenvalue weighted by Gasteiger charge is -2.08. The van der Waals surface area contributed by atoms with Gasteiger partial charge in [0.2, 0.25) is 0 Å². The summed E-state index contributed by atoms with van der Waals surface area (Å²) in [5.74, 6) is 0.725. The zero-order valence-corrected chi connectivity index (χ0v) is 7.56. The Labute approximate surface area is 82.0 Å². The van der Waals surface area contributed by atoms with Gasteiger partial charge in [0, 0.05) is 12.0 Å². The van der Waals surface area contributed by atoms with Crippen LogP contribution in [0.15, 0.2) is 18.2 Å². The standard InChI is InChI=1S/C9H10BNO3/c12-10-9-6(5-13-10)2-1-3-7(9)14-8-4-11-8/h1-3,8,11-12H,4-5H2. The Balaban J connectivity index is 1.97. The summed E-state index contributed by atoms with van der Waals surface area (Å²) >= 11 is 0. The maximum atomic E-state index is 9.57. The molecule has 1 saturated heterocycles. The Morgan fingerprint density at radius 1 is 1.57 bits per heavy atom. The van der Waals surface area contributed by atoms with Gasteiger partial charge in [-0.3, -0.25) is 5.32 Å². The van der Waals surface area contributed by atoms with E-state index in [1.54, 1.807) is 0 Å². The van der Waals surface area contributed by atoms with E-state index in [1.807, 2.05) is 18.2 Å². The van der Waals surface area contributed by atoms with Crippen molar-refractivity contribution in [2.75, 3.05) is 6.54 Å². The Bertz CT molecular complexity index is 367. The van der Waals surface area contributed by atoms with Crippen molar-refractivity contribution in [3.63, 3.8) is 0 Å². The molecule has 14 heavy (non-hydrogen) atoms. The van der Waals surface area contributed by atoms with Gasteiger partial charge in [-0.15, -0.1) is 0 Å². The number of ether oxygens (including phenoxy) is 1. The van der Waals surface area contributed by atoms with Crippen molar-refractivity contribution in [1.29, 1.82) is 0 Å². The van der Waals surface area contributed by atoms with E-state index in [1.165, 1.54) is 0 Å². The van der Waals surface area contributed by atoms with E-state index in [0.717, 1.165) is 23.3 Å². The molecule has 72 valence electrons. The maximum absolute atomic E-state index is 9.57. The largest absolute Gasteiger partial charge is 0.495 e. The number of nitrogens with one attached hydrogen (secondary N) is 1. The van der Waals surface area contributed by atoms with Crippen molar-refractivity contribution in [1.82, 2.24) is 5.32 Å². The monoisotopic (exact) mass is 191 g/mol. The molecule has 0 saturated carbocycles. The first kappa shape index (κ1) is 8.29. The van der Waals surface area contributed by atoms with Gasteiger partial charge in [0.25, 0.3) is 0 Å². The molecular weight excluding hydrogens is 181 g/mol. The molecule has 2 aliphatic rings. The lowest BCUT2D eigenvalue weighted by Crippen LogP contribution is -2.30. The van der Waals surface area contributed by atoms with Crippen LogP contribution in [0.1, 0.15) is 5.56 Å². The molecule has 3 rings (SSSR count). The normalized spacial score (nSPS) is 23.5. The molecule has 0 aliphatic carbocycles. The first-order valence-electron chi connectivity index (χ1n) is 4.66. The topological polar surface area (TPSA) is 60.6 Å². The minimum atomic E-state index is -0.833. The minimum Gasteiger partial charge on any atom is -0.474 e. The molecule has 1 aromatic rings. The third-order valence-electron chi connectivity index (χ3n) is 2.44. The average Bonchev–Trinajstić information content (AvgIpc) is 2.91. The third kappa shape index (κ3) is 1.30. The van der Waals surface area contributed by atoms with Crippen LogP contribution in [0.4, 0.5) is 0 Å². The number of rotatable bonds is 2. The van der Waals surface area contributed by atoms with E-state index in [-0.39, 0.29) is 6.23 Å². The van der Waals surface area contributed by atoms with E-state index in [0.29, 0.717) is 6.61 Å². The molecule has 1 unspecified atom stereocenters. The smallest absolute Gasteiger partial charge is 0.474 e. The summed E-state index contributed by atoms with van der Waals surface area (Å²) in [5, 5.41) is 12.6. The molecule has 2 heterocycles. The average molecular weight is 191 g/mol. The van der Waals surface area contributed by atoms with Gasteiger partial charge in [0.05, 0.1) is 6.61 Å². The molecule has 0 aromatic heterocycles. The van der Waals surface area contributed by atoms with Crippen LogP contribution in [-0.2, 0) is 11.3 Å². The second kappa shape index (κ2) is 2.98. The molecule has 2 aliphatic heterocycles. The van der Waals surface area contributed by atoms with E-state index in [4.69, 9.17) is 9.39 Å². The van der Waals surface area contributed by atoms with Gasteiger partial charge in [-0.1, -0.05) is 12.1 Å². The fraction of sp³-hybridized carbons (Fsp3) is 0.333. The fourth-order valence-corrected chi connectivity index (χ4v) is 1.64. The summed E-state index contributed by atoms with van der Waals surface area (Å²) in [6, 6.07) is 5.72. The van der Waals surface area contributed by atoms with Crippen LogP contribution in [0.25, 0.3) is 0 Å². The van der Waals surface area contributed by atoms with Crippen LogP contribution >= 0.6 is 0 Å². The predicted molar refractivity (Wildman–Crippen MR) is 51.3 cm³/mol. The zero-order chi connectivity index (χ0) is 9.54. The molecule has 0 bridgehead atoms. The van der Waals surface area contributed by atoms with Crippen LogP contribution < -0.4 is 15.5 Å². The van der Waals surface area contributed by atoms with Gasteiger partial charge in [-0.2, -0.15) is 0 Å². The highest BCUT2D eigenvalue weighted by molar-refractivity contribution is 6.62. The van der Waals surface area contributed by atoms with Gasteiger partial charge in [0.15, 0.2) is 6.23 Å². The molecule has 1 fully saturated rings. The summed E-state index contributed by atoms with van der Waals surface area (Å²) in [4.78, 5) is 0. The van der Waals surface area contributed by atoms with Gasteiger partial charge < -0.3 is 14.4 Å². The minimum absolute atomic E-state index is 0.106. The summed E-state index contributed by atoms with van der Waals surface area (Å²) in [6.07, 6.45) is 0.106. The fourth-order valence-electron chi connectivity index (χ4n) is 1.64. The SMILES string of the molecule is OB1OCc2cccc(OC3CN3)c21. The lowest BCUT2D eigenvalue weighted by molar-refractivity contribution is 0.274. The van der Waals surface area contributed by atoms with Crippen LogP contribution in [0.3, 0.4) is 0 Å². The number of benzene rings is 1. The highest BCUT2D eigenvalue weighted by Gasteiger charge is 2.33. The Kier molecular flexibility index (Phi) is 1.77. The van der Waals surface area contributed by atoms with Gasteiger partial charge in [-0.05, 0) is 11.6 Å². The number of hydrogen-bond donors (Lipinski definition) is 2. The third-order valence-corrected chi connectivity index (χ3v) is 2.44. The molecule has 0 amide bonds. The predicted octanol–water partition coefficient (Wildman–Crippen LogP) is -0.788. The first-order valence-corrected chi connectivity index (χ1v) is 4.66. The van der Waals surface area contributed by atoms with E-state index < -0.39 is 7.12 Å². The van der Waals surface area contributed by atoms with Crippen molar-refractivity contribution in [2.45, 2.75) is 12.8 Å². The molecule has 0 spiro atoms. The molecule has 1 atom stereocenters. The van der Waals surface area contributed by atoms with E-state index in [2.05, 4.69) is 5.32 Å². The van der Waals surface area contributed by atoms with Gasteiger partial charge >= 0.3 is 7.12 Å². The summed E-state index contributed by atoms with van der Waals surface area (Å²) in [5.41, 5.74) is 1.79. The van der Waals surface area contributed by atoms with E-state index in [9.17, 15) is 5.02 Å². The maximum Gasteiger partial charge on any atom is 0.495 e. The first-order chi connectivity index (χ1) is 6.84. The van der Waals surface area contributed by atoms with Crippen molar-refractivity contribution in [3.05, 3.63) is 23.8 Å². The van der Waals surface area contributed by atoms with Crippen molar-refractivity contribution in [3.8, 4) is 5.75 Å². The second-order valence-electron chi connectivity index (χ2n) is 3.51. The van der Waals surface area contributed by atoms with Gasteiger partial charge in [-0.25, -0.2) is 0 Å². The number of fused-ring (bicyclic) bond motifs is 1. The van der Waals surface area contributed by atoms with Gasteiger partial charge in [0.1, 0.15) is 5.75 Å². The molecule has 4 nitrogen and oxygen atoms in total. The van der Waals surface area contributed by atoms with Crippen LogP contribution in [-0.4, -0.2) is 24.9 Å². The second-order valence-corrected chi connectivity index (χ2v) is 3.51. The quantitative estimate of drug-likeness (QED) is 0.475. The molecular formula is C9H10BNO3. The van der Waals surface area contributed by atoms with Crippen molar-refractivity contribution >= 4 is 12.6 Å². The zero-order valence-electron chi connectivity index (χ0n) is 7.56. The highest BCUT2D eigenvalue weighted by atomic mass is 16.5. The summed E-state index contributed by atoms with van der Waals surface area (Å²) in [6.45, 7) is 1.34. The molecule has 0 radical (unpaired) electrons. The van der Waals surface area contributed by atoms with Crippen molar-refractivity contribution < 1.29 is 14.4 Å². The summed E-state index contributed by atoms with van der Waals surface area (Å²) in [7, 11) is -0.833. The number of hydrogen-bond acceptors (Lipinski definition) is 4. The van der Waals surface area contributed by atoms with Crippen LogP contribution in [0.2, 0.25) is 0 Å². The Morgan fingerprint density at radius 3 is 3.21 bits per heavy atom. The summed E-state index contributed by atoms with van der Waals surface area (Å²) < 4.78 is 10.7. The highest BCUT2D eigenvalue weighted by Crippen LogP contribution is 2.19. The lowest BCUT2D eigenvalue weighted by atomic mass is 9.79. The Morgan fingerprint density at radius 2 is 2.43 bits per heavy atom. The van der Waals surface area contributed by atoms with Crippen LogP contribution in [0, 0.1) is 0 Å². The molecule has 2 N–H and O–H groups in total. The molecule has 1 aromatic carbocycles. The Hall–Kier alpha value is -1.04. The molecule has 5 heteroatoms.